The van der Waals surface area contributed by atoms with Crippen molar-refractivity contribution in [1.29, 1.82) is 0 Å². The fourth-order valence-electron chi connectivity index (χ4n) is 2.36. The molecule has 3 rings (SSSR count). The highest BCUT2D eigenvalue weighted by Crippen LogP contribution is 2.46. The van der Waals surface area contributed by atoms with Crippen LogP contribution in [-0.2, 0) is 6.42 Å². The number of ether oxygens (including phenoxy) is 1. The second-order valence-corrected chi connectivity index (χ2v) is 6.32. The standard InChI is InChI=1S/C13H17N3O2S/c1-13(2,8-4-5-8)6-10-14-11(15-18-10)9-7-19-16-12(9)17-3/h7-8H,4-6H2,1-3H3. The van der Waals surface area contributed by atoms with E-state index in [1.807, 2.05) is 5.38 Å². The number of methoxy groups -OCH3 is 1. The molecule has 0 spiro atoms. The van der Waals surface area contributed by atoms with E-state index in [9.17, 15) is 0 Å². The van der Waals surface area contributed by atoms with Gasteiger partial charge in [-0.15, -0.1) is 0 Å². The maximum Gasteiger partial charge on any atom is 0.236 e. The highest BCUT2D eigenvalue weighted by molar-refractivity contribution is 7.04. The van der Waals surface area contributed by atoms with Crippen LogP contribution in [0.2, 0.25) is 0 Å². The van der Waals surface area contributed by atoms with Gasteiger partial charge in [0.1, 0.15) is 0 Å². The van der Waals surface area contributed by atoms with Gasteiger partial charge in [0.05, 0.1) is 12.7 Å². The molecule has 19 heavy (non-hydrogen) atoms. The molecule has 0 N–H and O–H groups in total. The number of aromatic nitrogens is 3. The van der Waals surface area contributed by atoms with Crippen molar-refractivity contribution in [3.63, 3.8) is 0 Å². The zero-order valence-corrected chi connectivity index (χ0v) is 12.2. The number of hydrogen-bond acceptors (Lipinski definition) is 6. The third kappa shape index (κ3) is 2.49. The van der Waals surface area contributed by atoms with Crippen LogP contribution in [-0.4, -0.2) is 21.6 Å². The van der Waals surface area contributed by atoms with Gasteiger partial charge < -0.3 is 9.26 Å². The Hall–Kier alpha value is -1.43. The molecule has 0 bridgehead atoms. The zero-order valence-electron chi connectivity index (χ0n) is 11.3. The molecular formula is C13H17N3O2S. The van der Waals surface area contributed by atoms with Crippen LogP contribution < -0.4 is 4.74 Å². The molecule has 5 nitrogen and oxygen atoms in total. The van der Waals surface area contributed by atoms with Crippen molar-refractivity contribution in [1.82, 2.24) is 14.5 Å². The summed E-state index contributed by atoms with van der Waals surface area (Å²) in [6, 6.07) is 0. The largest absolute Gasteiger partial charge is 0.480 e. The van der Waals surface area contributed by atoms with Gasteiger partial charge in [-0.25, -0.2) is 0 Å². The first-order valence-corrected chi connectivity index (χ1v) is 7.25. The Bertz CT molecular complexity index is 572. The van der Waals surface area contributed by atoms with Crippen LogP contribution in [0.1, 0.15) is 32.6 Å². The minimum Gasteiger partial charge on any atom is -0.480 e. The molecule has 0 unspecified atom stereocenters. The van der Waals surface area contributed by atoms with E-state index in [1.165, 1.54) is 24.4 Å². The second-order valence-electron chi connectivity index (χ2n) is 5.69. The topological polar surface area (TPSA) is 61.0 Å². The molecule has 102 valence electrons. The summed E-state index contributed by atoms with van der Waals surface area (Å²) in [5.41, 5.74) is 1.03. The van der Waals surface area contributed by atoms with Crippen molar-refractivity contribution in [3.05, 3.63) is 11.3 Å². The molecule has 1 saturated carbocycles. The van der Waals surface area contributed by atoms with E-state index in [0.717, 1.165) is 17.9 Å². The van der Waals surface area contributed by atoms with Gasteiger partial charge in [-0.2, -0.15) is 9.36 Å². The summed E-state index contributed by atoms with van der Waals surface area (Å²) < 4.78 is 14.7. The average molecular weight is 279 g/mol. The summed E-state index contributed by atoms with van der Waals surface area (Å²) in [6.45, 7) is 4.53. The maximum atomic E-state index is 5.36. The Morgan fingerprint density at radius 2 is 2.26 bits per heavy atom. The van der Waals surface area contributed by atoms with Crippen LogP contribution in [0.3, 0.4) is 0 Å². The molecule has 0 atom stereocenters. The van der Waals surface area contributed by atoms with E-state index < -0.39 is 0 Å². The Balaban J connectivity index is 1.79. The summed E-state index contributed by atoms with van der Waals surface area (Å²) in [5, 5.41) is 5.91. The fraction of sp³-hybridized carbons (Fsp3) is 0.615. The minimum atomic E-state index is 0.237. The van der Waals surface area contributed by atoms with Crippen molar-refractivity contribution in [3.8, 4) is 17.3 Å². The summed E-state index contributed by atoms with van der Waals surface area (Å²) in [7, 11) is 1.59. The molecule has 0 amide bonds. The number of rotatable bonds is 5. The van der Waals surface area contributed by atoms with Gasteiger partial charge in [0, 0.05) is 11.8 Å². The lowest BCUT2D eigenvalue weighted by Crippen LogP contribution is -2.17. The first-order valence-electron chi connectivity index (χ1n) is 6.41. The first kappa shape index (κ1) is 12.6. The highest BCUT2D eigenvalue weighted by Gasteiger charge is 2.39. The lowest BCUT2D eigenvalue weighted by Gasteiger charge is -2.21. The predicted octanol–water partition coefficient (Wildman–Crippen LogP) is 3.18. The third-order valence-corrected chi connectivity index (χ3v) is 4.34. The van der Waals surface area contributed by atoms with Crippen molar-refractivity contribution >= 4 is 11.5 Å². The van der Waals surface area contributed by atoms with Crippen LogP contribution in [0.4, 0.5) is 0 Å². The van der Waals surface area contributed by atoms with Gasteiger partial charge in [0.2, 0.25) is 17.6 Å². The molecule has 2 heterocycles. The molecule has 6 heteroatoms. The lowest BCUT2D eigenvalue weighted by atomic mass is 9.84. The van der Waals surface area contributed by atoms with Gasteiger partial charge in [0.25, 0.3) is 0 Å². The van der Waals surface area contributed by atoms with Crippen LogP contribution in [0.15, 0.2) is 9.90 Å². The molecule has 2 aromatic heterocycles. The Kier molecular flexibility index (Phi) is 3.05. The van der Waals surface area contributed by atoms with Gasteiger partial charge in [-0.1, -0.05) is 19.0 Å². The van der Waals surface area contributed by atoms with Crippen molar-refractivity contribution in [2.24, 2.45) is 11.3 Å². The van der Waals surface area contributed by atoms with Gasteiger partial charge in [0.15, 0.2) is 0 Å². The molecule has 0 saturated heterocycles. The van der Waals surface area contributed by atoms with Crippen LogP contribution in [0.25, 0.3) is 11.4 Å². The van der Waals surface area contributed by atoms with Gasteiger partial charge in [-0.3, -0.25) is 0 Å². The van der Waals surface area contributed by atoms with E-state index in [2.05, 4.69) is 28.4 Å². The van der Waals surface area contributed by atoms with Crippen molar-refractivity contribution in [2.45, 2.75) is 33.1 Å². The molecular weight excluding hydrogens is 262 g/mol. The molecule has 1 aliphatic carbocycles. The monoisotopic (exact) mass is 279 g/mol. The Morgan fingerprint density at radius 1 is 1.47 bits per heavy atom. The van der Waals surface area contributed by atoms with Crippen LogP contribution in [0, 0.1) is 11.3 Å². The molecule has 0 aromatic carbocycles. The second kappa shape index (κ2) is 4.59. The predicted molar refractivity (Wildman–Crippen MR) is 72.2 cm³/mol. The molecule has 1 aliphatic rings. The number of nitrogens with zero attached hydrogens (tertiary/aromatic N) is 3. The summed E-state index contributed by atoms with van der Waals surface area (Å²) >= 11 is 1.33. The average Bonchev–Trinajstić information content (AvgIpc) is 2.98. The zero-order chi connectivity index (χ0) is 13.5. The molecule has 2 aromatic rings. The third-order valence-electron chi connectivity index (χ3n) is 3.73. The Labute approximate surface area is 116 Å². The van der Waals surface area contributed by atoms with Gasteiger partial charge >= 0.3 is 0 Å². The van der Waals surface area contributed by atoms with E-state index in [4.69, 9.17) is 9.26 Å². The molecule has 0 aliphatic heterocycles. The normalized spacial score (nSPS) is 15.7. The maximum absolute atomic E-state index is 5.36. The Morgan fingerprint density at radius 3 is 2.95 bits per heavy atom. The van der Waals surface area contributed by atoms with E-state index in [0.29, 0.717) is 17.6 Å². The minimum absolute atomic E-state index is 0.237. The summed E-state index contributed by atoms with van der Waals surface area (Å²) in [6.07, 6.45) is 3.46. The molecule has 1 fully saturated rings. The first-order chi connectivity index (χ1) is 9.10. The quantitative estimate of drug-likeness (QED) is 0.841. The van der Waals surface area contributed by atoms with Gasteiger partial charge in [-0.05, 0) is 35.7 Å². The van der Waals surface area contributed by atoms with Crippen LogP contribution >= 0.6 is 11.5 Å². The van der Waals surface area contributed by atoms with Crippen molar-refractivity contribution in [2.75, 3.05) is 7.11 Å². The number of hydrogen-bond donors (Lipinski definition) is 0. The van der Waals surface area contributed by atoms with E-state index in [1.54, 1.807) is 7.11 Å². The SMILES string of the molecule is COc1nscc1-c1noc(CC(C)(C)C2CC2)n1. The van der Waals surface area contributed by atoms with E-state index >= 15 is 0 Å². The molecule has 0 radical (unpaired) electrons. The lowest BCUT2D eigenvalue weighted by molar-refractivity contribution is 0.260. The summed E-state index contributed by atoms with van der Waals surface area (Å²) in [5.74, 6) is 2.60. The highest BCUT2D eigenvalue weighted by atomic mass is 32.1. The summed E-state index contributed by atoms with van der Waals surface area (Å²) in [4.78, 5) is 4.47. The van der Waals surface area contributed by atoms with Crippen molar-refractivity contribution < 1.29 is 9.26 Å². The smallest absolute Gasteiger partial charge is 0.236 e. The van der Waals surface area contributed by atoms with Crippen LogP contribution in [0.5, 0.6) is 5.88 Å². The fourth-order valence-corrected chi connectivity index (χ4v) is 2.99. The van der Waals surface area contributed by atoms with E-state index in [-0.39, 0.29) is 5.41 Å².